The summed E-state index contributed by atoms with van der Waals surface area (Å²) in [6, 6.07) is 12.5. The fraction of sp³-hybridized carbons (Fsp3) is 0.294. The van der Waals surface area contributed by atoms with Gasteiger partial charge in [-0.1, -0.05) is 35.9 Å². The number of benzene rings is 2. The number of halogens is 2. The lowest BCUT2D eigenvalue weighted by Crippen LogP contribution is -2.30. The SMILES string of the molecule is CNC(c1cc(F)ccc1Cl)C1OCCc2ccccc21. The lowest BCUT2D eigenvalue weighted by Gasteiger charge is -2.33. The lowest BCUT2D eigenvalue weighted by molar-refractivity contribution is 0.0165. The van der Waals surface area contributed by atoms with E-state index in [1.165, 1.54) is 17.7 Å². The molecule has 0 aliphatic carbocycles. The van der Waals surface area contributed by atoms with Gasteiger partial charge in [0.2, 0.25) is 0 Å². The summed E-state index contributed by atoms with van der Waals surface area (Å²) in [5, 5.41) is 3.76. The van der Waals surface area contributed by atoms with Crippen LogP contribution in [0.5, 0.6) is 0 Å². The Labute approximate surface area is 128 Å². The number of likely N-dealkylation sites (N-methyl/N-ethyl adjacent to an activating group) is 1. The van der Waals surface area contributed by atoms with Crippen molar-refractivity contribution in [2.24, 2.45) is 0 Å². The highest BCUT2D eigenvalue weighted by molar-refractivity contribution is 6.31. The Hall–Kier alpha value is -1.42. The van der Waals surface area contributed by atoms with Gasteiger partial charge in [-0.3, -0.25) is 0 Å². The topological polar surface area (TPSA) is 21.3 Å². The van der Waals surface area contributed by atoms with Crippen LogP contribution in [0.1, 0.15) is 28.8 Å². The van der Waals surface area contributed by atoms with Crippen molar-refractivity contribution < 1.29 is 9.13 Å². The van der Waals surface area contributed by atoms with E-state index in [0.717, 1.165) is 17.5 Å². The van der Waals surface area contributed by atoms with Crippen LogP contribution in [0.15, 0.2) is 42.5 Å². The summed E-state index contributed by atoms with van der Waals surface area (Å²) in [7, 11) is 1.84. The third-order valence-electron chi connectivity index (χ3n) is 3.94. The average molecular weight is 306 g/mol. The van der Waals surface area contributed by atoms with Gasteiger partial charge < -0.3 is 10.1 Å². The summed E-state index contributed by atoms with van der Waals surface area (Å²) in [4.78, 5) is 0. The van der Waals surface area contributed by atoms with E-state index in [2.05, 4.69) is 17.4 Å². The van der Waals surface area contributed by atoms with E-state index in [0.29, 0.717) is 11.6 Å². The first-order valence-electron chi connectivity index (χ1n) is 7.02. The summed E-state index contributed by atoms with van der Waals surface area (Å²) in [5.41, 5.74) is 3.14. The molecular weight excluding hydrogens is 289 g/mol. The largest absolute Gasteiger partial charge is 0.371 e. The third kappa shape index (κ3) is 2.82. The molecule has 0 spiro atoms. The minimum Gasteiger partial charge on any atom is -0.371 e. The van der Waals surface area contributed by atoms with Crippen LogP contribution in [0.4, 0.5) is 4.39 Å². The first-order chi connectivity index (χ1) is 10.2. The summed E-state index contributed by atoms with van der Waals surface area (Å²) in [5.74, 6) is -0.293. The molecule has 0 saturated carbocycles. The van der Waals surface area contributed by atoms with Gasteiger partial charge in [-0.25, -0.2) is 4.39 Å². The van der Waals surface area contributed by atoms with Crippen molar-refractivity contribution in [1.29, 1.82) is 0 Å². The van der Waals surface area contributed by atoms with Crippen LogP contribution in [-0.2, 0) is 11.2 Å². The van der Waals surface area contributed by atoms with Crippen molar-refractivity contribution >= 4 is 11.6 Å². The molecule has 21 heavy (non-hydrogen) atoms. The van der Waals surface area contributed by atoms with Crippen LogP contribution in [0.3, 0.4) is 0 Å². The Morgan fingerprint density at radius 3 is 2.90 bits per heavy atom. The van der Waals surface area contributed by atoms with E-state index >= 15 is 0 Å². The monoisotopic (exact) mass is 305 g/mol. The Balaban J connectivity index is 2.03. The Kier molecular flexibility index (Phi) is 4.24. The van der Waals surface area contributed by atoms with Crippen LogP contribution in [0, 0.1) is 5.82 Å². The normalized spacial score (nSPS) is 19.1. The molecule has 2 unspecified atom stereocenters. The van der Waals surface area contributed by atoms with Crippen LogP contribution >= 0.6 is 11.6 Å². The highest BCUT2D eigenvalue weighted by Crippen LogP contribution is 2.39. The summed E-state index contributed by atoms with van der Waals surface area (Å²) >= 11 is 6.25. The van der Waals surface area contributed by atoms with Crippen molar-refractivity contribution in [2.45, 2.75) is 18.6 Å². The van der Waals surface area contributed by atoms with Crippen LogP contribution in [0.2, 0.25) is 5.02 Å². The number of rotatable bonds is 3. The van der Waals surface area contributed by atoms with Gasteiger partial charge in [0.05, 0.1) is 12.6 Å². The van der Waals surface area contributed by atoms with E-state index in [1.807, 2.05) is 19.2 Å². The van der Waals surface area contributed by atoms with Gasteiger partial charge >= 0.3 is 0 Å². The molecular formula is C17H17ClFNO. The van der Waals surface area contributed by atoms with Crippen LogP contribution in [0.25, 0.3) is 0 Å². The number of hydrogen-bond acceptors (Lipinski definition) is 2. The first-order valence-corrected chi connectivity index (χ1v) is 7.40. The van der Waals surface area contributed by atoms with Gasteiger partial charge in [0.25, 0.3) is 0 Å². The zero-order valence-electron chi connectivity index (χ0n) is 11.8. The third-order valence-corrected chi connectivity index (χ3v) is 4.28. The quantitative estimate of drug-likeness (QED) is 0.923. The summed E-state index contributed by atoms with van der Waals surface area (Å²) in [6.07, 6.45) is 0.735. The van der Waals surface area contributed by atoms with E-state index in [9.17, 15) is 4.39 Å². The number of hydrogen-bond donors (Lipinski definition) is 1. The molecule has 0 fully saturated rings. The van der Waals surface area contributed by atoms with Crippen molar-refractivity contribution in [3.05, 3.63) is 70.0 Å². The number of ether oxygens (including phenoxy) is 1. The van der Waals surface area contributed by atoms with Gasteiger partial charge in [0.15, 0.2) is 0 Å². The number of nitrogens with one attached hydrogen (secondary N) is 1. The van der Waals surface area contributed by atoms with Crippen LogP contribution < -0.4 is 5.32 Å². The Morgan fingerprint density at radius 2 is 2.10 bits per heavy atom. The molecule has 2 atom stereocenters. The zero-order chi connectivity index (χ0) is 14.8. The minimum atomic E-state index is -0.293. The van der Waals surface area contributed by atoms with Crippen LogP contribution in [-0.4, -0.2) is 13.7 Å². The van der Waals surface area contributed by atoms with Crippen molar-refractivity contribution in [1.82, 2.24) is 5.32 Å². The molecule has 1 heterocycles. The molecule has 0 aromatic heterocycles. The zero-order valence-corrected chi connectivity index (χ0v) is 12.5. The van der Waals surface area contributed by atoms with Gasteiger partial charge in [-0.15, -0.1) is 0 Å². The molecule has 2 nitrogen and oxygen atoms in total. The van der Waals surface area contributed by atoms with Gasteiger partial charge in [0, 0.05) is 5.02 Å². The van der Waals surface area contributed by atoms with Gasteiger partial charge in [-0.05, 0) is 48.4 Å². The van der Waals surface area contributed by atoms with E-state index in [-0.39, 0.29) is 18.0 Å². The summed E-state index contributed by atoms with van der Waals surface area (Å²) < 4.78 is 19.5. The second-order valence-corrected chi connectivity index (χ2v) is 5.58. The fourth-order valence-electron chi connectivity index (χ4n) is 2.92. The molecule has 0 amide bonds. The Bertz CT molecular complexity index is 646. The van der Waals surface area contributed by atoms with E-state index in [1.54, 1.807) is 6.07 Å². The molecule has 0 saturated heterocycles. The smallest absolute Gasteiger partial charge is 0.123 e. The predicted octanol–water partition coefficient (Wildman–Crippen LogP) is 4.05. The molecule has 3 rings (SSSR count). The average Bonchev–Trinajstić information content (AvgIpc) is 2.51. The lowest BCUT2D eigenvalue weighted by atomic mass is 9.90. The summed E-state index contributed by atoms with van der Waals surface area (Å²) in [6.45, 7) is 0.660. The second kappa shape index (κ2) is 6.14. The van der Waals surface area contributed by atoms with E-state index in [4.69, 9.17) is 16.3 Å². The standard InChI is InChI=1S/C17H17ClFNO/c1-20-16(14-10-12(19)6-7-15(14)18)17-13-5-3-2-4-11(13)8-9-21-17/h2-7,10,16-17,20H,8-9H2,1H3. The molecule has 2 aromatic rings. The Morgan fingerprint density at radius 1 is 1.29 bits per heavy atom. The van der Waals surface area contributed by atoms with Gasteiger partial charge in [-0.2, -0.15) is 0 Å². The highest BCUT2D eigenvalue weighted by Gasteiger charge is 2.30. The van der Waals surface area contributed by atoms with Crippen molar-refractivity contribution in [3.63, 3.8) is 0 Å². The fourth-order valence-corrected chi connectivity index (χ4v) is 3.16. The molecule has 1 aliphatic rings. The molecule has 4 heteroatoms. The molecule has 0 radical (unpaired) electrons. The second-order valence-electron chi connectivity index (χ2n) is 5.17. The minimum absolute atomic E-state index is 0.167. The molecule has 0 bridgehead atoms. The molecule has 110 valence electrons. The maximum atomic E-state index is 13.6. The predicted molar refractivity (Wildman–Crippen MR) is 82.0 cm³/mol. The highest BCUT2D eigenvalue weighted by atomic mass is 35.5. The van der Waals surface area contributed by atoms with Crippen molar-refractivity contribution in [2.75, 3.05) is 13.7 Å². The molecule has 1 aliphatic heterocycles. The van der Waals surface area contributed by atoms with Gasteiger partial charge in [0.1, 0.15) is 11.9 Å². The van der Waals surface area contributed by atoms with E-state index < -0.39 is 0 Å². The molecule has 2 aromatic carbocycles. The maximum Gasteiger partial charge on any atom is 0.123 e. The maximum absolute atomic E-state index is 13.6. The molecule has 1 N–H and O–H groups in total. The first kappa shape index (κ1) is 14.5. The number of fused-ring (bicyclic) bond motifs is 1. The van der Waals surface area contributed by atoms with Crippen molar-refractivity contribution in [3.8, 4) is 0 Å².